The van der Waals surface area contributed by atoms with Crippen LogP contribution < -0.4 is 5.32 Å². The van der Waals surface area contributed by atoms with E-state index in [1.54, 1.807) is 6.20 Å². The minimum absolute atomic E-state index is 0.899. The summed E-state index contributed by atoms with van der Waals surface area (Å²) in [7, 11) is 0. The molecular weight excluding hydrogens is 188 g/mol. The first-order valence-electron chi connectivity index (χ1n) is 5.12. The number of nitrogens with one attached hydrogen (secondary N) is 2. The Morgan fingerprint density at radius 3 is 3.20 bits per heavy atom. The fourth-order valence-corrected chi connectivity index (χ4v) is 1.97. The molecule has 1 aliphatic heterocycles. The van der Waals surface area contributed by atoms with Crippen LogP contribution in [0.1, 0.15) is 11.3 Å². The Hall–Kier alpha value is -1.68. The zero-order chi connectivity index (χ0) is 10.1. The summed E-state index contributed by atoms with van der Waals surface area (Å²) < 4.78 is 0. The predicted molar refractivity (Wildman–Crippen MR) is 57.2 cm³/mol. The van der Waals surface area contributed by atoms with Crippen LogP contribution in [0.15, 0.2) is 24.5 Å². The molecule has 0 saturated heterocycles. The van der Waals surface area contributed by atoms with Crippen molar-refractivity contribution in [2.45, 2.75) is 13.0 Å². The van der Waals surface area contributed by atoms with E-state index >= 15 is 0 Å². The van der Waals surface area contributed by atoms with Crippen molar-refractivity contribution in [1.29, 1.82) is 0 Å². The lowest BCUT2D eigenvalue weighted by atomic mass is 10.0. The van der Waals surface area contributed by atoms with Crippen molar-refractivity contribution >= 4 is 0 Å². The van der Waals surface area contributed by atoms with E-state index in [1.807, 2.05) is 18.3 Å². The smallest absolute Gasteiger partial charge is 0.0984 e. The monoisotopic (exact) mass is 200 g/mol. The van der Waals surface area contributed by atoms with Gasteiger partial charge < -0.3 is 5.32 Å². The standard InChI is InChI=1S/C11H12N4/c1-2-8(6-12-4-1)11-9-7-13-5-3-10(9)14-15-11/h1-2,4,6,13H,3,5,7H2,(H,14,15). The second-order valence-corrected chi connectivity index (χ2v) is 3.70. The normalized spacial score (nSPS) is 14.9. The van der Waals surface area contributed by atoms with E-state index in [4.69, 9.17) is 0 Å². The number of pyridine rings is 1. The lowest BCUT2D eigenvalue weighted by molar-refractivity contribution is 0.637. The highest BCUT2D eigenvalue weighted by Crippen LogP contribution is 2.24. The number of hydrogen-bond acceptors (Lipinski definition) is 3. The highest BCUT2D eigenvalue weighted by atomic mass is 15.1. The summed E-state index contributed by atoms with van der Waals surface area (Å²) in [6, 6.07) is 3.98. The molecule has 0 bridgehead atoms. The summed E-state index contributed by atoms with van der Waals surface area (Å²) in [6.45, 7) is 1.93. The third-order valence-corrected chi connectivity index (χ3v) is 2.74. The number of fused-ring (bicyclic) bond motifs is 1. The molecule has 0 radical (unpaired) electrons. The van der Waals surface area contributed by atoms with E-state index in [0.717, 1.165) is 30.8 Å². The van der Waals surface area contributed by atoms with Crippen LogP contribution in [0.5, 0.6) is 0 Å². The molecule has 0 atom stereocenters. The van der Waals surface area contributed by atoms with Crippen LogP contribution in [-0.4, -0.2) is 21.7 Å². The molecule has 2 aromatic rings. The van der Waals surface area contributed by atoms with Gasteiger partial charge in [0.05, 0.1) is 5.69 Å². The van der Waals surface area contributed by atoms with E-state index in [0.29, 0.717) is 0 Å². The largest absolute Gasteiger partial charge is 0.312 e. The van der Waals surface area contributed by atoms with Gasteiger partial charge in [-0.05, 0) is 12.1 Å². The summed E-state index contributed by atoms with van der Waals surface area (Å²) in [5, 5.41) is 10.8. The van der Waals surface area contributed by atoms with Gasteiger partial charge in [-0.2, -0.15) is 5.10 Å². The Morgan fingerprint density at radius 2 is 2.33 bits per heavy atom. The van der Waals surface area contributed by atoms with Gasteiger partial charge in [-0.3, -0.25) is 10.1 Å². The quantitative estimate of drug-likeness (QED) is 0.725. The van der Waals surface area contributed by atoms with Crippen LogP contribution in [0.2, 0.25) is 0 Å². The second-order valence-electron chi connectivity index (χ2n) is 3.70. The molecule has 0 amide bonds. The molecule has 0 unspecified atom stereocenters. The fraction of sp³-hybridized carbons (Fsp3) is 0.273. The fourth-order valence-electron chi connectivity index (χ4n) is 1.97. The summed E-state index contributed by atoms with van der Waals surface area (Å²) in [6.07, 6.45) is 4.66. The molecule has 2 N–H and O–H groups in total. The summed E-state index contributed by atoms with van der Waals surface area (Å²) in [5.74, 6) is 0. The van der Waals surface area contributed by atoms with Crippen molar-refractivity contribution < 1.29 is 0 Å². The second kappa shape index (κ2) is 3.47. The maximum Gasteiger partial charge on any atom is 0.0984 e. The molecule has 1 aliphatic rings. The Balaban J connectivity index is 2.09. The zero-order valence-electron chi connectivity index (χ0n) is 8.33. The van der Waals surface area contributed by atoms with Gasteiger partial charge in [0, 0.05) is 48.7 Å². The molecule has 0 fully saturated rings. The minimum Gasteiger partial charge on any atom is -0.312 e. The third-order valence-electron chi connectivity index (χ3n) is 2.74. The van der Waals surface area contributed by atoms with Crippen molar-refractivity contribution in [1.82, 2.24) is 20.5 Å². The van der Waals surface area contributed by atoms with Crippen LogP contribution in [0.4, 0.5) is 0 Å². The van der Waals surface area contributed by atoms with Gasteiger partial charge in [0.2, 0.25) is 0 Å². The molecule has 0 aliphatic carbocycles. The highest BCUT2D eigenvalue weighted by Gasteiger charge is 2.17. The molecule has 4 heteroatoms. The first-order valence-corrected chi connectivity index (χ1v) is 5.12. The topological polar surface area (TPSA) is 53.6 Å². The van der Waals surface area contributed by atoms with Crippen molar-refractivity contribution in [3.05, 3.63) is 35.8 Å². The Labute approximate surface area is 87.7 Å². The minimum atomic E-state index is 0.899. The van der Waals surface area contributed by atoms with Crippen molar-refractivity contribution in [2.75, 3.05) is 6.54 Å². The van der Waals surface area contributed by atoms with Gasteiger partial charge in [0.15, 0.2) is 0 Å². The predicted octanol–water partition coefficient (Wildman–Crippen LogP) is 1.12. The summed E-state index contributed by atoms with van der Waals surface area (Å²) in [4.78, 5) is 4.12. The molecule has 0 saturated carbocycles. The lowest BCUT2D eigenvalue weighted by Crippen LogP contribution is -2.23. The van der Waals surface area contributed by atoms with E-state index in [2.05, 4.69) is 20.5 Å². The molecule has 3 rings (SSSR count). The Kier molecular flexibility index (Phi) is 1.99. The SMILES string of the molecule is c1cncc(-c2n[nH]c3c2CNCC3)c1. The number of rotatable bonds is 1. The molecular formula is C11H12N4. The maximum atomic E-state index is 4.36. The van der Waals surface area contributed by atoms with E-state index in [1.165, 1.54) is 11.3 Å². The number of nitrogens with zero attached hydrogens (tertiary/aromatic N) is 2. The Bertz CT molecular complexity index is 461. The van der Waals surface area contributed by atoms with Crippen molar-refractivity contribution in [2.24, 2.45) is 0 Å². The van der Waals surface area contributed by atoms with Gasteiger partial charge >= 0.3 is 0 Å². The zero-order valence-corrected chi connectivity index (χ0v) is 8.33. The van der Waals surface area contributed by atoms with Crippen molar-refractivity contribution in [3.63, 3.8) is 0 Å². The van der Waals surface area contributed by atoms with Gasteiger partial charge in [-0.1, -0.05) is 0 Å². The van der Waals surface area contributed by atoms with E-state index in [9.17, 15) is 0 Å². The van der Waals surface area contributed by atoms with Crippen LogP contribution >= 0.6 is 0 Å². The number of aromatic amines is 1. The first kappa shape index (κ1) is 8.61. The van der Waals surface area contributed by atoms with Crippen LogP contribution in [-0.2, 0) is 13.0 Å². The van der Waals surface area contributed by atoms with Gasteiger partial charge in [0.1, 0.15) is 0 Å². The number of H-pyrrole nitrogens is 1. The third kappa shape index (κ3) is 1.43. The first-order chi connectivity index (χ1) is 7.45. The average molecular weight is 200 g/mol. The van der Waals surface area contributed by atoms with Crippen LogP contribution in [0, 0.1) is 0 Å². The van der Waals surface area contributed by atoms with Crippen molar-refractivity contribution in [3.8, 4) is 11.3 Å². The molecule has 15 heavy (non-hydrogen) atoms. The number of hydrogen-bond donors (Lipinski definition) is 2. The van der Waals surface area contributed by atoms with E-state index in [-0.39, 0.29) is 0 Å². The maximum absolute atomic E-state index is 4.36. The van der Waals surface area contributed by atoms with Crippen LogP contribution in [0.25, 0.3) is 11.3 Å². The summed E-state index contributed by atoms with van der Waals surface area (Å²) in [5.41, 5.74) is 4.66. The molecule has 2 aromatic heterocycles. The summed E-state index contributed by atoms with van der Waals surface area (Å²) >= 11 is 0. The van der Waals surface area contributed by atoms with Gasteiger partial charge in [0.25, 0.3) is 0 Å². The number of aromatic nitrogens is 3. The van der Waals surface area contributed by atoms with Crippen LogP contribution in [0.3, 0.4) is 0 Å². The molecule has 3 heterocycles. The molecule has 4 nitrogen and oxygen atoms in total. The average Bonchev–Trinajstić information content (AvgIpc) is 2.74. The lowest BCUT2D eigenvalue weighted by Gasteiger charge is -2.12. The molecule has 0 spiro atoms. The van der Waals surface area contributed by atoms with E-state index < -0.39 is 0 Å². The Morgan fingerprint density at radius 1 is 1.33 bits per heavy atom. The van der Waals surface area contributed by atoms with Gasteiger partial charge in [-0.25, -0.2) is 0 Å². The highest BCUT2D eigenvalue weighted by molar-refractivity contribution is 5.63. The molecule has 76 valence electrons. The van der Waals surface area contributed by atoms with Gasteiger partial charge in [-0.15, -0.1) is 0 Å². The molecule has 0 aromatic carbocycles.